The van der Waals surface area contributed by atoms with Crippen LogP contribution in [0.25, 0.3) is 0 Å². The van der Waals surface area contributed by atoms with Crippen LogP contribution >= 0.6 is 0 Å². The van der Waals surface area contributed by atoms with Gasteiger partial charge in [0.15, 0.2) is 0 Å². The Labute approximate surface area is 125 Å². The lowest BCUT2D eigenvalue weighted by molar-refractivity contribution is -0.126. The average molecular weight is 291 g/mol. The van der Waals surface area contributed by atoms with Gasteiger partial charge in [0, 0.05) is 49.8 Å². The highest BCUT2D eigenvalue weighted by atomic mass is 16.3. The maximum Gasteiger partial charge on any atom is 0.223 e. The zero-order valence-electron chi connectivity index (χ0n) is 12.5. The summed E-state index contributed by atoms with van der Waals surface area (Å²) in [5.74, 6) is 1.42. The van der Waals surface area contributed by atoms with Gasteiger partial charge in [0.05, 0.1) is 0 Å². The Morgan fingerprint density at radius 3 is 3.05 bits per heavy atom. The maximum atomic E-state index is 12.5. The monoisotopic (exact) mass is 291 g/mol. The molecule has 0 bridgehead atoms. The Morgan fingerprint density at radius 1 is 1.33 bits per heavy atom. The summed E-state index contributed by atoms with van der Waals surface area (Å²) in [6, 6.07) is 0.145. The first-order chi connectivity index (χ1) is 10.3. The summed E-state index contributed by atoms with van der Waals surface area (Å²) in [5.41, 5.74) is 0. The van der Waals surface area contributed by atoms with Gasteiger partial charge in [-0.15, -0.1) is 0 Å². The summed E-state index contributed by atoms with van der Waals surface area (Å²) in [4.78, 5) is 16.9. The third-order valence-electron chi connectivity index (χ3n) is 5.04. The highest BCUT2D eigenvalue weighted by molar-refractivity contribution is 5.79. The van der Waals surface area contributed by atoms with Crippen LogP contribution in [-0.2, 0) is 17.8 Å². The summed E-state index contributed by atoms with van der Waals surface area (Å²) in [5, 5.41) is 12.8. The fraction of sp³-hybridized carbons (Fsp3) is 0.750. The number of carbonyl (C=O) groups is 1. The smallest absolute Gasteiger partial charge is 0.223 e. The van der Waals surface area contributed by atoms with Gasteiger partial charge in [0.1, 0.15) is 5.82 Å². The van der Waals surface area contributed by atoms with Crippen LogP contribution < -0.4 is 5.32 Å². The molecule has 0 aromatic carbocycles. The van der Waals surface area contributed by atoms with E-state index in [9.17, 15) is 9.90 Å². The molecule has 1 amide bonds. The van der Waals surface area contributed by atoms with E-state index in [1.54, 1.807) is 0 Å². The van der Waals surface area contributed by atoms with Gasteiger partial charge in [-0.1, -0.05) is 19.3 Å². The molecule has 0 spiro atoms. The predicted molar refractivity (Wildman–Crippen MR) is 79.6 cm³/mol. The van der Waals surface area contributed by atoms with E-state index in [4.69, 9.17) is 0 Å². The van der Waals surface area contributed by atoms with Crippen molar-refractivity contribution in [3.8, 4) is 0 Å². The van der Waals surface area contributed by atoms with Crippen LogP contribution in [0.2, 0.25) is 0 Å². The topological polar surface area (TPSA) is 67.2 Å². The van der Waals surface area contributed by atoms with Gasteiger partial charge in [-0.3, -0.25) is 4.79 Å². The lowest BCUT2D eigenvalue weighted by atomic mass is 9.92. The lowest BCUT2D eigenvalue weighted by Gasteiger charge is -2.28. The number of nitrogens with zero attached hydrogens (tertiary/aromatic N) is 2. The second-order valence-electron chi connectivity index (χ2n) is 6.42. The number of hydrogen-bond acceptors (Lipinski definition) is 3. The minimum atomic E-state index is 0.0301. The summed E-state index contributed by atoms with van der Waals surface area (Å²) in [6.07, 6.45) is 11.0. The molecule has 21 heavy (non-hydrogen) atoms. The van der Waals surface area contributed by atoms with E-state index in [-0.39, 0.29) is 30.4 Å². The molecule has 2 heterocycles. The molecule has 3 rings (SSSR count). The molecule has 1 saturated carbocycles. The maximum absolute atomic E-state index is 12.5. The number of aliphatic hydroxyl groups excluding tert-OH is 1. The molecule has 2 aliphatic rings. The number of aromatic nitrogens is 2. The Bertz CT molecular complexity index is 486. The van der Waals surface area contributed by atoms with E-state index in [1.165, 1.54) is 12.8 Å². The molecule has 5 nitrogen and oxygen atoms in total. The molecule has 3 unspecified atom stereocenters. The lowest BCUT2D eigenvalue weighted by Crippen LogP contribution is -2.45. The molecule has 1 fully saturated rings. The van der Waals surface area contributed by atoms with Crippen LogP contribution in [0.3, 0.4) is 0 Å². The second kappa shape index (κ2) is 6.60. The van der Waals surface area contributed by atoms with Crippen LogP contribution in [0.5, 0.6) is 0 Å². The Kier molecular flexibility index (Phi) is 4.58. The predicted octanol–water partition coefficient (Wildman–Crippen LogP) is 1.50. The van der Waals surface area contributed by atoms with E-state index >= 15 is 0 Å². The first-order valence-corrected chi connectivity index (χ1v) is 8.19. The fourth-order valence-corrected chi connectivity index (χ4v) is 3.67. The molecule has 0 saturated heterocycles. The van der Waals surface area contributed by atoms with Crippen molar-refractivity contribution in [2.75, 3.05) is 6.61 Å². The van der Waals surface area contributed by atoms with Gasteiger partial charge >= 0.3 is 0 Å². The Balaban J connectivity index is 1.60. The molecule has 1 aromatic heterocycles. The molecule has 0 radical (unpaired) electrons. The van der Waals surface area contributed by atoms with Crippen molar-refractivity contribution >= 4 is 5.91 Å². The molecule has 3 atom stereocenters. The van der Waals surface area contributed by atoms with Crippen LogP contribution in [0.4, 0.5) is 0 Å². The standard InChI is InChI=1S/C16H25N3O2/c20-11-13-4-2-1-3-5-14(13)18-16(21)12-6-8-19-9-7-17-15(19)10-12/h7,9,12-14,20H,1-6,8,10-11H2,(H,18,21). The normalized spacial score (nSPS) is 29.5. The van der Waals surface area contributed by atoms with Crippen molar-refractivity contribution in [1.82, 2.24) is 14.9 Å². The van der Waals surface area contributed by atoms with Crippen LogP contribution in [-0.4, -0.2) is 33.2 Å². The average Bonchev–Trinajstić information content (AvgIpc) is 2.86. The summed E-state index contributed by atoms with van der Waals surface area (Å²) >= 11 is 0. The van der Waals surface area contributed by atoms with Gasteiger partial charge in [-0.2, -0.15) is 0 Å². The van der Waals surface area contributed by atoms with E-state index in [0.29, 0.717) is 0 Å². The Hall–Kier alpha value is -1.36. The van der Waals surface area contributed by atoms with Crippen molar-refractivity contribution in [3.63, 3.8) is 0 Å². The van der Waals surface area contributed by atoms with Gasteiger partial charge in [-0.25, -0.2) is 4.98 Å². The number of imidazole rings is 1. The third kappa shape index (κ3) is 3.28. The molecule has 2 N–H and O–H groups in total. The second-order valence-corrected chi connectivity index (χ2v) is 6.42. The molecular weight excluding hydrogens is 266 g/mol. The minimum absolute atomic E-state index is 0.0301. The van der Waals surface area contributed by atoms with Crippen molar-refractivity contribution in [2.45, 2.75) is 57.5 Å². The van der Waals surface area contributed by atoms with Crippen molar-refractivity contribution in [2.24, 2.45) is 11.8 Å². The number of rotatable bonds is 3. The minimum Gasteiger partial charge on any atom is -0.396 e. The van der Waals surface area contributed by atoms with E-state index in [2.05, 4.69) is 14.9 Å². The highest BCUT2D eigenvalue weighted by Crippen LogP contribution is 2.25. The van der Waals surface area contributed by atoms with E-state index in [1.807, 2.05) is 12.4 Å². The summed E-state index contributed by atoms with van der Waals surface area (Å²) in [7, 11) is 0. The first-order valence-electron chi connectivity index (χ1n) is 8.19. The highest BCUT2D eigenvalue weighted by Gasteiger charge is 2.30. The molecule has 5 heteroatoms. The van der Waals surface area contributed by atoms with Crippen molar-refractivity contribution < 1.29 is 9.90 Å². The number of aryl methyl sites for hydroxylation is 1. The molecule has 1 aliphatic carbocycles. The van der Waals surface area contributed by atoms with Crippen LogP contribution in [0, 0.1) is 11.8 Å². The molecular formula is C16H25N3O2. The molecule has 1 aromatic rings. The van der Waals surface area contributed by atoms with Gasteiger partial charge in [0.25, 0.3) is 0 Å². The van der Waals surface area contributed by atoms with Gasteiger partial charge in [-0.05, 0) is 19.3 Å². The van der Waals surface area contributed by atoms with Crippen LogP contribution in [0.15, 0.2) is 12.4 Å². The van der Waals surface area contributed by atoms with E-state index < -0.39 is 0 Å². The van der Waals surface area contributed by atoms with E-state index in [0.717, 1.165) is 44.5 Å². The van der Waals surface area contributed by atoms with Crippen molar-refractivity contribution in [3.05, 3.63) is 18.2 Å². The number of amides is 1. The Morgan fingerprint density at radius 2 is 2.19 bits per heavy atom. The molecule has 116 valence electrons. The number of aliphatic hydroxyl groups is 1. The van der Waals surface area contributed by atoms with Gasteiger partial charge in [0.2, 0.25) is 5.91 Å². The quantitative estimate of drug-likeness (QED) is 0.829. The first kappa shape index (κ1) is 14.6. The number of nitrogens with one attached hydrogen (secondary N) is 1. The SMILES string of the molecule is O=C(NC1CCCCCC1CO)C1CCn2ccnc2C1. The molecule has 1 aliphatic heterocycles. The largest absolute Gasteiger partial charge is 0.396 e. The van der Waals surface area contributed by atoms with Gasteiger partial charge < -0.3 is 15.0 Å². The van der Waals surface area contributed by atoms with Crippen molar-refractivity contribution in [1.29, 1.82) is 0 Å². The number of fused-ring (bicyclic) bond motifs is 1. The number of hydrogen-bond donors (Lipinski definition) is 2. The summed E-state index contributed by atoms with van der Waals surface area (Å²) < 4.78 is 2.13. The number of carbonyl (C=O) groups excluding carboxylic acids is 1. The summed E-state index contributed by atoms with van der Waals surface area (Å²) in [6.45, 7) is 1.06. The zero-order valence-corrected chi connectivity index (χ0v) is 12.5. The third-order valence-corrected chi connectivity index (χ3v) is 5.04. The zero-order chi connectivity index (χ0) is 14.7. The van der Waals surface area contributed by atoms with Crippen LogP contribution in [0.1, 0.15) is 44.3 Å². The fourth-order valence-electron chi connectivity index (χ4n) is 3.67.